The van der Waals surface area contributed by atoms with Gasteiger partial charge in [0.2, 0.25) is 5.95 Å². The van der Waals surface area contributed by atoms with Gasteiger partial charge in [-0.15, -0.1) is 0 Å². The molecule has 2 N–H and O–H groups in total. The number of aryl methyl sites for hydroxylation is 2. The van der Waals surface area contributed by atoms with E-state index in [9.17, 15) is 0 Å². The van der Waals surface area contributed by atoms with Crippen LogP contribution in [0.15, 0.2) is 30.3 Å². The first-order valence-corrected chi connectivity index (χ1v) is 6.47. The molecule has 0 aliphatic carbocycles. The zero-order chi connectivity index (χ0) is 13.8. The smallest absolute Gasteiger partial charge is 0.229 e. The second-order valence-corrected chi connectivity index (χ2v) is 4.91. The first-order valence-electron chi connectivity index (χ1n) is 5.69. The molecule has 0 bridgehead atoms. The van der Waals surface area contributed by atoms with Gasteiger partial charge in [-0.2, -0.15) is 0 Å². The number of nitrogens with zero attached hydrogens (tertiary/aromatic N) is 2. The topological polar surface area (TPSA) is 49.8 Å². The van der Waals surface area contributed by atoms with E-state index in [0.717, 1.165) is 17.1 Å². The number of halogens is 1. The predicted octanol–water partition coefficient (Wildman–Crippen LogP) is 3.56. The summed E-state index contributed by atoms with van der Waals surface area (Å²) in [6.45, 7) is 3.82. The van der Waals surface area contributed by atoms with Crippen molar-refractivity contribution in [3.05, 3.63) is 46.7 Å². The van der Waals surface area contributed by atoms with E-state index in [4.69, 9.17) is 23.8 Å². The van der Waals surface area contributed by atoms with Gasteiger partial charge in [-0.3, -0.25) is 0 Å². The van der Waals surface area contributed by atoms with Gasteiger partial charge >= 0.3 is 0 Å². The third-order valence-corrected chi connectivity index (χ3v) is 2.77. The van der Waals surface area contributed by atoms with Gasteiger partial charge in [-0.1, -0.05) is 11.6 Å². The molecule has 19 heavy (non-hydrogen) atoms. The van der Waals surface area contributed by atoms with E-state index >= 15 is 0 Å². The van der Waals surface area contributed by atoms with Crippen LogP contribution in [0.5, 0.6) is 0 Å². The van der Waals surface area contributed by atoms with Crippen LogP contribution in [0, 0.1) is 13.8 Å². The number of aromatic nitrogens is 2. The molecule has 0 radical (unpaired) electrons. The summed E-state index contributed by atoms with van der Waals surface area (Å²) >= 11 is 11.0. The van der Waals surface area contributed by atoms with Crippen LogP contribution in [-0.4, -0.2) is 15.1 Å². The number of anilines is 2. The molecule has 1 aromatic carbocycles. The largest absolute Gasteiger partial charge is 0.332 e. The highest BCUT2D eigenvalue weighted by atomic mass is 35.5. The van der Waals surface area contributed by atoms with Crippen molar-refractivity contribution in [1.29, 1.82) is 0 Å². The highest BCUT2D eigenvalue weighted by Gasteiger charge is 2.03. The number of benzene rings is 1. The SMILES string of the molecule is Cc1cc(C)nc(NC(=S)Nc2ccc(Cl)cc2)n1. The molecule has 0 amide bonds. The molecule has 4 nitrogen and oxygen atoms in total. The summed E-state index contributed by atoms with van der Waals surface area (Å²) in [5.41, 5.74) is 2.64. The first kappa shape index (κ1) is 13.7. The minimum Gasteiger partial charge on any atom is -0.332 e. The van der Waals surface area contributed by atoms with Gasteiger partial charge in [0, 0.05) is 22.1 Å². The number of thiocarbonyl (C=S) groups is 1. The lowest BCUT2D eigenvalue weighted by Crippen LogP contribution is -2.20. The summed E-state index contributed by atoms with van der Waals surface area (Å²) < 4.78 is 0. The van der Waals surface area contributed by atoms with Crippen LogP contribution in [-0.2, 0) is 0 Å². The van der Waals surface area contributed by atoms with E-state index < -0.39 is 0 Å². The lowest BCUT2D eigenvalue weighted by atomic mass is 10.3. The minimum absolute atomic E-state index is 0.437. The maximum Gasteiger partial charge on any atom is 0.229 e. The molecule has 0 spiro atoms. The van der Waals surface area contributed by atoms with Crippen LogP contribution in [0.4, 0.5) is 11.6 Å². The van der Waals surface area contributed by atoms with Crippen molar-refractivity contribution < 1.29 is 0 Å². The van der Waals surface area contributed by atoms with Crippen molar-refractivity contribution in [1.82, 2.24) is 9.97 Å². The molecular weight excluding hydrogens is 280 g/mol. The molecule has 98 valence electrons. The quantitative estimate of drug-likeness (QED) is 0.829. The Hall–Kier alpha value is -1.72. The molecular formula is C13H13ClN4S. The van der Waals surface area contributed by atoms with E-state index in [1.807, 2.05) is 32.0 Å². The van der Waals surface area contributed by atoms with Crippen molar-refractivity contribution in [2.24, 2.45) is 0 Å². The van der Waals surface area contributed by atoms with Crippen LogP contribution >= 0.6 is 23.8 Å². The van der Waals surface area contributed by atoms with Crippen LogP contribution < -0.4 is 10.6 Å². The third-order valence-electron chi connectivity index (χ3n) is 2.31. The Balaban J connectivity index is 2.03. The van der Waals surface area contributed by atoms with E-state index in [0.29, 0.717) is 16.1 Å². The van der Waals surface area contributed by atoms with Gasteiger partial charge < -0.3 is 10.6 Å². The van der Waals surface area contributed by atoms with Crippen molar-refractivity contribution in [2.75, 3.05) is 10.6 Å². The maximum absolute atomic E-state index is 5.82. The van der Waals surface area contributed by atoms with Crippen molar-refractivity contribution >= 4 is 40.6 Å². The molecule has 1 heterocycles. The lowest BCUT2D eigenvalue weighted by Gasteiger charge is -2.10. The Morgan fingerprint density at radius 2 is 1.63 bits per heavy atom. The second kappa shape index (κ2) is 5.95. The Morgan fingerprint density at radius 1 is 1.05 bits per heavy atom. The molecule has 0 saturated heterocycles. The Kier molecular flexibility index (Phi) is 4.29. The molecule has 1 aromatic heterocycles. The molecule has 6 heteroatoms. The Bertz CT molecular complexity index is 578. The summed E-state index contributed by atoms with van der Waals surface area (Å²) in [4.78, 5) is 8.52. The van der Waals surface area contributed by atoms with E-state index in [1.165, 1.54) is 0 Å². The number of hydrogen-bond acceptors (Lipinski definition) is 3. The average Bonchev–Trinajstić information content (AvgIpc) is 2.30. The van der Waals surface area contributed by atoms with Crippen LogP contribution in [0.25, 0.3) is 0 Å². The summed E-state index contributed by atoms with van der Waals surface area (Å²) in [6.07, 6.45) is 0. The molecule has 0 unspecified atom stereocenters. The maximum atomic E-state index is 5.82. The van der Waals surface area contributed by atoms with Gasteiger partial charge in [-0.05, 0) is 56.4 Å². The monoisotopic (exact) mass is 292 g/mol. The summed E-state index contributed by atoms with van der Waals surface area (Å²) in [5.74, 6) is 0.490. The molecule has 2 aromatic rings. The first-order chi connectivity index (χ1) is 9.02. The summed E-state index contributed by atoms with van der Waals surface area (Å²) in [7, 11) is 0. The number of rotatable bonds is 2. The normalized spacial score (nSPS) is 10.1. The fourth-order valence-corrected chi connectivity index (χ4v) is 1.91. The fourth-order valence-electron chi connectivity index (χ4n) is 1.58. The van der Waals surface area contributed by atoms with Crippen LogP contribution in [0.3, 0.4) is 0 Å². The summed E-state index contributed by atoms with van der Waals surface area (Å²) in [5, 5.41) is 7.11. The van der Waals surface area contributed by atoms with Gasteiger partial charge in [0.15, 0.2) is 5.11 Å². The van der Waals surface area contributed by atoms with Gasteiger partial charge in [0.25, 0.3) is 0 Å². The zero-order valence-electron chi connectivity index (χ0n) is 10.6. The van der Waals surface area contributed by atoms with E-state index in [1.54, 1.807) is 12.1 Å². The van der Waals surface area contributed by atoms with Crippen molar-refractivity contribution in [2.45, 2.75) is 13.8 Å². The molecule has 2 rings (SSSR count). The van der Waals surface area contributed by atoms with Crippen LogP contribution in [0.2, 0.25) is 5.02 Å². The molecule has 0 aliphatic rings. The van der Waals surface area contributed by atoms with Crippen LogP contribution in [0.1, 0.15) is 11.4 Å². The third kappa shape index (κ3) is 4.15. The standard InChI is InChI=1S/C13H13ClN4S/c1-8-7-9(2)16-12(15-8)18-13(19)17-11-5-3-10(14)4-6-11/h3-7H,1-2H3,(H2,15,16,17,18,19). The summed E-state index contributed by atoms with van der Waals surface area (Å²) in [6, 6.07) is 9.18. The minimum atomic E-state index is 0.437. The second-order valence-electron chi connectivity index (χ2n) is 4.06. The molecule has 0 fully saturated rings. The zero-order valence-corrected chi connectivity index (χ0v) is 12.1. The average molecular weight is 293 g/mol. The highest BCUT2D eigenvalue weighted by Crippen LogP contribution is 2.13. The van der Waals surface area contributed by atoms with Gasteiger partial charge in [0.1, 0.15) is 0 Å². The van der Waals surface area contributed by atoms with E-state index in [-0.39, 0.29) is 0 Å². The Labute approximate surface area is 122 Å². The van der Waals surface area contributed by atoms with E-state index in [2.05, 4.69) is 20.6 Å². The number of nitrogens with one attached hydrogen (secondary N) is 2. The predicted molar refractivity (Wildman–Crippen MR) is 82.8 cm³/mol. The van der Waals surface area contributed by atoms with Crippen molar-refractivity contribution in [3.63, 3.8) is 0 Å². The molecule has 0 aliphatic heterocycles. The molecule has 0 atom stereocenters. The lowest BCUT2D eigenvalue weighted by molar-refractivity contribution is 1.07. The molecule has 0 saturated carbocycles. The van der Waals surface area contributed by atoms with Crippen molar-refractivity contribution in [3.8, 4) is 0 Å². The van der Waals surface area contributed by atoms with Gasteiger partial charge in [0.05, 0.1) is 0 Å². The Morgan fingerprint density at radius 3 is 2.21 bits per heavy atom. The van der Waals surface area contributed by atoms with Gasteiger partial charge in [-0.25, -0.2) is 9.97 Å². The fraction of sp³-hybridized carbons (Fsp3) is 0.154. The number of hydrogen-bond donors (Lipinski definition) is 2. The highest BCUT2D eigenvalue weighted by molar-refractivity contribution is 7.80.